The molecule has 0 unspecified atom stereocenters. The second-order valence-electron chi connectivity index (χ2n) is 7.87. The summed E-state index contributed by atoms with van der Waals surface area (Å²) >= 11 is 5.70. The van der Waals surface area contributed by atoms with Crippen LogP contribution in [0.15, 0.2) is 0 Å². The summed E-state index contributed by atoms with van der Waals surface area (Å²) in [6, 6.07) is -1.63. The molecule has 9 heteroatoms. The first-order valence-electron chi connectivity index (χ1n) is 9.90. The maximum atomic E-state index is 12.9. The maximum Gasteiger partial charge on any atom is 0.249 e. The summed E-state index contributed by atoms with van der Waals surface area (Å²) < 4.78 is 5.38. The van der Waals surface area contributed by atoms with Crippen LogP contribution < -0.4 is 16.0 Å². The SMILES string of the molecule is CC(C)C[C@H](NC(=O)[C@H]1CCCO1)C(=O)N[C@@H](C[C@@H]1CCNC1=O)C(=O)CCl. The van der Waals surface area contributed by atoms with Gasteiger partial charge in [-0.15, -0.1) is 11.6 Å². The van der Waals surface area contributed by atoms with Crippen LogP contribution in [0.1, 0.15) is 46.0 Å². The van der Waals surface area contributed by atoms with E-state index in [4.69, 9.17) is 16.3 Å². The molecule has 8 nitrogen and oxygen atoms in total. The Kier molecular flexibility index (Phi) is 8.69. The van der Waals surface area contributed by atoms with Gasteiger partial charge >= 0.3 is 0 Å². The zero-order valence-corrected chi connectivity index (χ0v) is 17.2. The van der Waals surface area contributed by atoms with Crippen molar-refractivity contribution >= 4 is 35.1 Å². The van der Waals surface area contributed by atoms with Crippen LogP contribution in [0.2, 0.25) is 0 Å². The molecular formula is C19H30ClN3O5. The van der Waals surface area contributed by atoms with Gasteiger partial charge in [-0.1, -0.05) is 13.8 Å². The van der Waals surface area contributed by atoms with Crippen molar-refractivity contribution < 1.29 is 23.9 Å². The number of rotatable bonds is 10. The van der Waals surface area contributed by atoms with Gasteiger partial charge in [0, 0.05) is 19.1 Å². The van der Waals surface area contributed by atoms with Crippen LogP contribution in [0.4, 0.5) is 0 Å². The molecule has 0 radical (unpaired) electrons. The van der Waals surface area contributed by atoms with E-state index in [1.54, 1.807) is 0 Å². The molecule has 2 saturated heterocycles. The molecule has 0 aliphatic carbocycles. The van der Waals surface area contributed by atoms with E-state index in [2.05, 4.69) is 16.0 Å². The molecule has 4 atom stereocenters. The van der Waals surface area contributed by atoms with E-state index in [9.17, 15) is 19.2 Å². The van der Waals surface area contributed by atoms with Gasteiger partial charge in [0.1, 0.15) is 12.1 Å². The van der Waals surface area contributed by atoms with Crippen molar-refractivity contribution in [2.75, 3.05) is 19.0 Å². The quantitative estimate of drug-likeness (QED) is 0.450. The van der Waals surface area contributed by atoms with Crippen molar-refractivity contribution in [2.24, 2.45) is 11.8 Å². The summed E-state index contributed by atoms with van der Waals surface area (Å²) in [7, 11) is 0. The van der Waals surface area contributed by atoms with Crippen LogP contribution in [0, 0.1) is 11.8 Å². The first-order valence-corrected chi connectivity index (χ1v) is 10.4. The minimum atomic E-state index is -0.854. The number of Topliss-reactive ketones (excluding diaryl/α,β-unsaturated/α-hetero) is 1. The van der Waals surface area contributed by atoms with Gasteiger partial charge in [-0.25, -0.2) is 0 Å². The van der Waals surface area contributed by atoms with Crippen LogP contribution in [0.5, 0.6) is 0 Å². The molecule has 2 rings (SSSR count). The second kappa shape index (κ2) is 10.8. The molecule has 3 amide bonds. The number of ketones is 1. The number of carbonyl (C=O) groups is 4. The third-order valence-corrected chi connectivity index (χ3v) is 5.35. The Labute approximate surface area is 170 Å². The number of nitrogens with one attached hydrogen (secondary N) is 3. The lowest BCUT2D eigenvalue weighted by Gasteiger charge is -2.25. The molecule has 0 saturated carbocycles. The van der Waals surface area contributed by atoms with E-state index < -0.39 is 24.1 Å². The topological polar surface area (TPSA) is 114 Å². The zero-order valence-electron chi connectivity index (χ0n) is 16.5. The first kappa shape index (κ1) is 22.6. The van der Waals surface area contributed by atoms with E-state index in [1.807, 2.05) is 13.8 Å². The lowest BCUT2D eigenvalue weighted by Crippen LogP contribution is -2.54. The van der Waals surface area contributed by atoms with E-state index in [-0.39, 0.29) is 41.7 Å². The van der Waals surface area contributed by atoms with Gasteiger partial charge < -0.3 is 20.7 Å². The molecular weight excluding hydrogens is 386 g/mol. The number of halogens is 1. The molecule has 2 heterocycles. The van der Waals surface area contributed by atoms with E-state index >= 15 is 0 Å². The van der Waals surface area contributed by atoms with Crippen LogP contribution in [-0.2, 0) is 23.9 Å². The van der Waals surface area contributed by atoms with Crippen LogP contribution >= 0.6 is 11.6 Å². The van der Waals surface area contributed by atoms with Crippen molar-refractivity contribution in [1.29, 1.82) is 0 Å². The standard InChI is InChI=1S/C19H30ClN3O5/c1-11(2)8-14(23-19(27)16-4-3-7-28-16)18(26)22-13(15(24)10-20)9-12-5-6-21-17(12)25/h11-14,16H,3-10H2,1-2H3,(H,21,25)(H,22,26)(H,23,27)/t12-,13-,14-,16+/m0/s1. The van der Waals surface area contributed by atoms with Gasteiger partial charge in [0.25, 0.3) is 0 Å². The van der Waals surface area contributed by atoms with Crippen LogP contribution in [-0.4, -0.2) is 60.7 Å². The average Bonchev–Trinajstić information content (AvgIpc) is 3.31. The molecule has 3 N–H and O–H groups in total. The third kappa shape index (κ3) is 6.44. The highest BCUT2D eigenvalue weighted by Gasteiger charge is 2.34. The van der Waals surface area contributed by atoms with E-state index in [1.165, 1.54) is 0 Å². The maximum absolute atomic E-state index is 12.9. The number of alkyl halides is 1. The minimum absolute atomic E-state index is 0.118. The lowest BCUT2D eigenvalue weighted by atomic mass is 9.95. The molecule has 0 aromatic carbocycles. The highest BCUT2D eigenvalue weighted by Crippen LogP contribution is 2.18. The van der Waals surface area contributed by atoms with Crippen molar-refractivity contribution in [1.82, 2.24) is 16.0 Å². The number of hydrogen-bond acceptors (Lipinski definition) is 5. The number of amides is 3. The van der Waals surface area contributed by atoms with Crippen molar-refractivity contribution in [3.05, 3.63) is 0 Å². The summed E-state index contributed by atoms with van der Waals surface area (Å²) in [5.41, 5.74) is 0. The highest BCUT2D eigenvalue weighted by molar-refractivity contribution is 6.28. The molecule has 2 fully saturated rings. The molecule has 0 spiro atoms. The second-order valence-corrected chi connectivity index (χ2v) is 8.13. The van der Waals surface area contributed by atoms with Gasteiger partial charge in [-0.2, -0.15) is 0 Å². The number of carbonyl (C=O) groups excluding carboxylic acids is 4. The smallest absolute Gasteiger partial charge is 0.249 e. The monoisotopic (exact) mass is 415 g/mol. The predicted octanol–water partition coefficient (Wildman–Crippen LogP) is 0.515. The summed E-state index contributed by atoms with van der Waals surface area (Å²) in [4.78, 5) is 49.3. The van der Waals surface area contributed by atoms with E-state index in [0.717, 1.165) is 6.42 Å². The normalized spacial score (nSPS) is 23.9. The fourth-order valence-corrected chi connectivity index (χ4v) is 3.73. The Balaban J connectivity index is 2.03. The Hall–Kier alpha value is -1.67. The largest absolute Gasteiger partial charge is 0.368 e. The van der Waals surface area contributed by atoms with Gasteiger partial charge in [-0.3, -0.25) is 19.2 Å². The Morgan fingerprint density at radius 2 is 1.96 bits per heavy atom. The third-order valence-electron chi connectivity index (χ3n) is 5.08. The summed E-state index contributed by atoms with van der Waals surface area (Å²) in [6.07, 6.45) is 2.16. The first-order chi connectivity index (χ1) is 13.3. The lowest BCUT2D eigenvalue weighted by molar-refractivity contribution is -0.135. The van der Waals surface area contributed by atoms with Crippen LogP contribution in [0.25, 0.3) is 0 Å². The van der Waals surface area contributed by atoms with Crippen molar-refractivity contribution in [2.45, 2.75) is 64.1 Å². The van der Waals surface area contributed by atoms with Gasteiger partial charge in [0.05, 0.1) is 11.9 Å². The zero-order chi connectivity index (χ0) is 20.7. The number of ether oxygens (including phenoxy) is 1. The molecule has 28 heavy (non-hydrogen) atoms. The van der Waals surface area contributed by atoms with Gasteiger partial charge in [0.2, 0.25) is 17.7 Å². The molecule has 2 aliphatic rings. The fraction of sp³-hybridized carbons (Fsp3) is 0.789. The molecule has 0 aromatic heterocycles. The summed E-state index contributed by atoms with van der Waals surface area (Å²) in [5.74, 6) is -1.65. The molecule has 0 bridgehead atoms. The van der Waals surface area contributed by atoms with Crippen molar-refractivity contribution in [3.63, 3.8) is 0 Å². The summed E-state index contributed by atoms with van der Waals surface area (Å²) in [5, 5.41) is 8.19. The van der Waals surface area contributed by atoms with Crippen molar-refractivity contribution in [3.8, 4) is 0 Å². The van der Waals surface area contributed by atoms with E-state index in [0.29, 0.717) is 32.4 Å². The average molecular weight is 416 g/mol. The Bertz CT molecular complexity index is 592. The highest BCUT2D eigenvalue weighted by atomic mass is 35.5. The van der Waals surface area contributed by atoms with Gasteiger partial charge in [-0.05, 0) is 38.0 Å². The Morgan fingerprint density at radius 1 is 1.21 bits per heavy atom. The molecule has 158 valence electrons. The Morgan fingerprint density at radius 3 is 2.50 bits per heavy atom. The summed E-state index contributed by atoms with van der Waals surface area (Å²) in [6.45, 7) is 4.99. The van der Waals surface area contributed by atoms with Crippen LogP contribution in [0.3, 0.4) is 0 Å². The predicted molar refractivity (Wildman–Crippen MR) is 104 cm³/mol. The fourth-order valence-electron chi connectivity index (χ4n) is 3.54. The molecule has 0 aromatic rings. The van der Waals surface area contributed by atoms with Gasteiger partial charge in [0.15, 0.2) is 5.78 Å². The molecule has 2 aliphatic heterocycles. The minimum Gasteiger partial charge on any atom is -0.368 e. The number of hydrogen-bond donors (Lipinski definition) is 3.